The monoisotopic (exact) mass is 290 g/mol. The largest absolute Gasteiger partial charge is 0.450 e. The van der Waals surface area contributed by atoms with Crippen LogP contribution in [0.3, 0.4) is 0 Å². The second kappa shape index (κ2) is 7.24. The Hall–Kier alpha value is -0.260. The van der Waals surface area contributed by atoms with E-state index >= 15 is 0 Å². The van der Waals surface area contributed by atoms with Crippen LogP contribution in [-0.2, 0) is 15.7 Å². The van der Waals surface area contributed by atoms with Crippen molar-refractivity contribution < 1.29 is 9.32 Å². The van der Waals surface area contributed by atoms with Gasteiger partial charge in [-0.3, -0.25) is 9.24 Å². The van der Waals surface area contributed by atoms with Gasteiger partial charge < -0.3 is 9.84 Å². The summed E-state index contributed by atoms with van der Waals surface area (Å²) in [6, 6.07) is 7.60. The highest BCUT2D eigenvalue weighted by atomic mass is 31.1. The highest BCUT2D eigenvalue weighted by Gasteiger charge is 2.22. The van der Waals surface area contributed by atoms with E-state index in [9.17, 15) is 4.79 Å². The lowest BCUT2D eigenvalue weighted by Crippen LogP contribution is -2.31. The first-order valence-electron chi connectivity index (χ1n) is 5.04. The average Bonchev–Trinajstić information content (AvgIpc) is 2.35. The maximum atomic E-state index is 11.6. The molecule has 0 aliphatic rings. The molecule has 0 amide bonds. The Morgan fingerprint density at radius 3 is 2.76 bits per heavy atom. The minimum atomic E-state index is -0.338. The van der Waals surface area contributed by atoms with E-state index in [1.807, 2.05) is 40.8 Å². The molecule has 0 saturated heterocycles. The van der Waals surface area contributed by atoms with Gasteiger partial charge in [-0.05, 0) is 24.1 Å². The molecule has 4 nitrogen and oxygen atoms in total. The van der Waals surface area contributed by atoms with Gasteiger partial charge in [0.2, 0.25) is 0 Å². The van der Waals surface area contributed by atoms with E-state index < -0.39 is 0 Å². The molecule has 17 heavy (non-hydrogen) atoms. The first kappa shape index (κ1) is 14.8. The summed E-state index contributed by atoms with van der Waals surface area (Å²) >= 11 is 0. The van der Waals surface area contributed by atoms with Gasteiger partial charge in [-0.1, -0.05) is 30.9 Å². The third-order valence-electron chi connectivity index (χ3n) is 2.39. The van der Waals surface area contributed by atoms with Crippen LogP contribution in [0.4, 0.5) is 5.69 Å². The number of carbonyl (C=O) groups is 1. The molecular weight excluding hydrogens is 273 g/mol. The molecule has 1 aromatic carbocycles. The number of nitrogens with zero attached hydrogens (tertiary/aromatic N) is 1. The third kappa shape index (κ3) is 4.48. The SMILES string of the molecule is CNc1cccc(CC(C(=O)OP)N(P)P)c1. The molecule has 1 aromatic rings. The standard InChI is InChI=1S/C10H17N2O2P3/c1-11-8-4-2-3-7(5-8)6-9(12(15)16)10(13)14-17/h2-5,9,11H,6,15-17H2,1H3. The van der Waals surface area contributed by atoms with E-state index in [0.717, 1.165) is 11.3 Å². The van der Waals surface area contributed by atoms with Crippen molar-refractivity contribution in [3.8, 4) is 0 Å². The predicted octanol–water partition coefficient (Wildman–Crippen LogP) is 1.85. The van der Waals surface area contributed by atoms with Crippen LogP contribution in [0.5, 0.6) is 0 Å². The molecule has 0 aliphatic carbocycles. The summed E-state index contributed by atoms with van der Waals surface area (Å²) in [6.07, 6.45) is 0.593. The molecule has 0 spiro atoms. The Kier molecular flexibility index (Phi) is 6.30. The van der Waals surface area contributed by atoms with Crippen LogP contribution in [-0.4, -0.2) is 23.5 Å². The zero-order valence-electron chi connectivity index (χ0n) is 9.59. The molecule has 1 N–H and O–H groups in total. The summed E-state index contributed by atoms with van der Waals surface area (Å²) in [4.78, 5) is 11.6. The molecule has 94 valence electrons. The highest BCUT2D eigenvalue weighted by molar-refractivity contribution is 7.31. The van der Waals surface area contributed by atoms with E-state index in [4.69, 9.17) is 4.52 Å². The lowest BCUT2D eigenvalue weighted by molar-refractivity contribution is -0.136. The van der Waals surface area contributed by atoms with E-state index in [1.54, 1.807) is 4.44 Å². The van der Waals surface area contributed by atoms with Crippen molar-refractivity contribution in [3.05, 3.63) is 29.8 Å². The highest BCUT2D eigenvalue weighted by Crippen LogP contribution is 2.20. The normalized spacial score (nSPS) is 12.3. The molecule has 0 fully saturated rings. The molecule has 0 saturated carbocycles. The molecule has 4 atom stereocenters. The number of benzene rings is 1. The fourth-order valence-corrected chi connectivity index (χ4v) is 2.08. The number of nitrogens with one attached hydrogen (secondary N) is 1. The van der Waals surface area contributed by atoms with Crippen molar-refractivity contribution >= 4 is 39.9 Å². The fraction of sp³-hybridized carbons (Fsp3) is 0.300. The van der Waals surface area contributed by atoms with Crippen LogP contribution in [0.15, 0.2) is 24.3 Å². The molecular formula is C10H17N2O2P3. The zero-order chi connectivity index (χ0) is 12.8. The van der Waals surface area contributed by atoms with Crippen LogP contribution < -0.4 is 5.32 Å². The smallest absolute Gasteiger partial charge is 0.326 e. The Labute approximate surface area is 109 Å². The van der Waals surface area contributed by atoms with Crippen LogP contribution in [0, 0.1) is 0 Å². The van der Waals surface area contributed by atoms with Gasteiger partial charge in [0.25, 0.3) is 0 Å². The van der Waals surface area contributed by atoms with E-state index in [0.29, 0.717) is 6.42 Å². The van der Waals surface area contributed by atoms with Gasteiger partial charge in [0.05, 0.1) is 9.47 Å². The van der Waals surface area contributed by atoms with Crippen molar-refractivity contribution in [2.75, 3.05) is 12.4 Å². The maximum absolute atomic E-state index is 11.6. The fourth-order valence-electron chi connectivity index (χ4n) is 1.47. The number of hydrogen-bond acceptors (Lipinski definition) is 4. The quantitative estimate of drug-likeness (QED) is 0.840. The number of hydrogen-bond donors (Lipinski definition) is 1. The van der Waals surface area contributed by atoms with Crippen LogP contribution in [0.1, 0.15) is 5.56 Å². The predicted molar refractivity (Wildman–Crippen MR) is 80.5 cm³/mol. The van der Waals surface area contributed by atoms with Crippen molar-refractivity contribution in [3.63, 3.8) is 0 Å². The topological polar surface area (TPSA) is 41.6 Å². The Morgan fingerprint density at radius 2 is 2.24 bits per heavy atom. The van der Waals surface area contributed by atoms with Gasteiger partial charge in [0.1, 0.15) is 6.04 Å². The van der Waals surface area contributed by atoms with Crippen LogP contribution in [0.25, 0.3) is 0 Å². The second-order valence-corrected chi connectivity index (χ2v) is 5.58. The molecule has 1 rings (SSSR count). The summed E-state index contributed by atoms with van der Waals surface area (Å²) in [6.45, 7) is 0. The second-order valence-electron chi connectivity index (χ2n) is 3.55. The Bertz CT molecular complexity index is 388. The Balaban J connectivity index is 2.82. The average molecular weight is 290 g/mol. The van der Waals surface area contributed by atoms with Gasteiger partial charge in [-0.2, -0.15) is 0 Å². The summed E-state index contributed by atoms with van der Waals surface area (Å²) in [7, 11) is 8.77. The van der Waals surface area contributed by atoms with E-state index in [2.05, 4.69) is 24.1 Å². The molecule has 0 heterocycles. The summed E-state index contributed by atoms with van der Waals surface area (Å²) in [5.74, 6) is -0.283. The molecule has 7 heteroatoms. The van der Waals surface area contributed by atoms with Gasteiger partial charge in [-0.15, -0.1) is 0 Å². The van der Waals surface area contributed by atoms with Crippen molar-refractivity contribution in [1.29, 1.82) is 0 Å². The summed E-state index contributed by atoms with van der Waals surface area (Å²) in [5, 5.41) is 3.07. The van der Waals surface area contributed by atoms with Gasteiger partial charge in [-0.25, -0.2) is 0 Å². The summed E-state index contributed by atoms with van der Waals surface area (Å²) in [5.41, 5.74) is 2.10. The summed E-state index contributed by atoms with van der Waals surface area (Å²) < 4.78 is 6.39. The Morgan fingerprint density at radius 1 is 1.53 bits per heavy atom. The minimum Gasteiger partial charge on any atom is -0.450 e. The van der Waals surface area contributed by atoms with Gasteiger partial charge in [0, 0.05) is 12.7 Å². The van der Waals surface area contributed by atoms with E-state index in [-0.39, 0.29) is 12.0 Å². The lowest BCUT2D eigenvalue weighted by atomic mass is 10.1. The van der Waals surface area contributed by atoms with Crippen molar-refractivity contribution in [2.24, 2.45) is 0 Å². The van der Waals surface area contributed by atoms with Crippen LogP contribution >= 0.6 is 28.2 Å². The van der Waals surface area contributed by atoms with Crippen molar-refractivity contribution in [2.45, 2.75) is 12.5 Å². The lowest BCUT2D eigenvalue weighted by Gasteiger charge is -2.21. The first-order chi connectivity index (χ1) is 8.08. The number of rotatable bonds is 5. The third-order valence-corrected chi connectivity index (χ3v) is 3.34. The first-order valence-corrected chi connectivity index (χ1v) is 6.54. The van der Waals surface area contributed by atoms with E-state index in [1.165, 1.54) is 0 Å². The molecule has 0 aromatic heterocycles. The molecule has 0 aliphatic heterocycles. The molecule has 4 unspecified atom stereocenters. The number of carbonyl (C=O) groups excluding carboxylic acids is 1. The minimum absolute atomic E-state index is 0.283. The zero-order valence-corrected chi connectivity index (χ0v) is 13.1. The maximum Gasteiger partial charge on any atom is 0.326 e. The molecule has 0 bridgehead atoms. The van der Waals surface area contributed by atoms with Gasteiger partial charge in [0.15, 0.2) is 0 Å². The van der Waals surface area contributed by atoms with Gasteiger partial charge >= 0.3 is 5.97 Å². The molecule has 0 radical (unpaired) electrons. The number of anilines is 1. The van der Waals surface area contributed by atoms with Crippen molar-refractivity contribution in [1.82, 2.24) is 4.44 Å². The van der Waals surface area contributed by atoms with Crippen LogP contribution in [0.2, 0.25) is 0 Å².